The summed E-state index contributed by atoms with van der Waals surface area (Å²) in [5.74, 6) is 0.496. The lowest BCUT2D eigenvalue weighted by molar-refractivity contribution is 0.0742. The molecule has 0 saturated heterocycles. The van der Waals surface area contributed by atoms with Gasteiger partial charge in [-0.2, -0.15) is 0 Å². The van der Waals surface area contributed by atoms with Gasteiger partial charge in [0.15, 0.2) is 0 Å². The first-order valence-electron chi connectivity index (χ1n) is 8.69. The molecule has 0 fully saturated rings. The number of rotatable bonds is 7. The standard InChI is InChI=1S/C20H26N2O4S/c1-14(2)21-27(24,25)19-8-6-7-17(13-19)20(23)22(4)15(3)16-9-11-18(26-5)12-10-16/h6-15,21H,1-5H3. The number of carbonyl (C=O) groups is 1. The Morgan fingerprint density at radius 1 is 1.07 bits per heavy atom. The minimum Gasteiger partial charge on any atom is -0.497 e. The van der Waals surface area contributed by atoms with E-state index in [0.29, 0.717) is 5.56 Å². The second kappa shape index (κ2) is 8.54. The Labute approximate surface area is 161 Å². The maximum atomic E-state index is 12.9. The molecule has 7 heteroatoms. The fourth-order valence-electron chi connectivity index (χ4n) is 2.66. The van der Waals surface area contributed by atoms with E-state index in [1.54, 1.807) is 45.0 Å². The minimum absolute atomic E-state index is 0.0764. The van der Waals surface area contributed by atoms with Gasteiger partial charge < -0.3 is 9.64 Å². The molecule has 2 aromatic carbocycles. The van der Waals surface area contributed by atoms with Crippen molar-refractivity contribution in [2.45, 2.75) is 37.8 Å². The third-order valence-corrected chi connectivity index (χ3v) is 5.94. The fraction of sp³-hybridized carbons (Fsp3) is 0.350. The van der Waals surface area contributed by atoms with Gasteiger partial charge in [-0.15, -0.1) is 0 Å². The third kappa shape index (κ3) is 5.08. The summed E-state index contributed by atoms with van der Waals surface area (Å²) in [6.07, 6.45) is 0. The SMILES string of the molecule is COc1ccc(C(C)N(C)C(=O)c2cccc(S(=O)(=O)NC(C)C)c2)cc1. The lowest BCUT2D eigenvalue weighted by Crippen LogP contribution is -2.31. The van der Waals surface area contributed by atoms with E-state index < -0.39 is 10.0 Å². The van der Waals surface area contributed by atoms with Crippen LogP contribution >= 0.6 is 0 Å². The first-order valence-corrected chi connectivity index (χ1v) is 10.2. The van der Waals surface area contributed by atoms with Crippen molar-refractivity contribution < 1.29 is 17.9 Å². The monoisotopic (exact) mass is 390 g/mol. The number of ether oxygens (including phenoxy) is 1. The van der Waals surface area contributed by atoms with Crippen LogP contribution in [-0.2, 0) is 10.0 Å². The highest BCUT2D eigenvalue weighted by atomic mass is 32.2. The number of nitrogens with one attached hydrogen (secondary N) is 1. The third-order valence-electron chi connectivity index (χ3n) is 4.28. The van der Waals surface area contributed by atoms with Gasteiger partial charge in [-0.3, -0.25) is 4.79 Å². The van der Waals surface area contributed by atoms with Crippen LogP contribution in [0.3, 0.4) is 0 Å². The summed E-state index contributed by atoms with van der Waals surface area (Å²) in [7, 11) is -0.356. The van der Waals surface area contributed by atoms with Crippen molar-refractivity contribution in [1.82, 2.24) is 9.62 Å². The van der Waals surface area contributed by atoms with E-state index in [-0.39, 0.29) is 22.9 Å². The van der Waals surface area contributed by atoms with Crippen molar-refractivity contribution in [3.63, 3.8) is 0 Å². The van der Waals surface area contributed by atoms with E-state index in [9.17, 15) is 13.2 Å². The number of benzene rings is 2. The van der Waals surface area contributed by atoms with E-state index in [4.69, 9.17) is 4.74 Å². The maximum Gasteiger partial charge on any atom is 0.254 e. The Bertz CT molecular complexity index is 892. The van der Waals surface area contributed by atoms with Gasteiger partial charge in [-0.25, -0.2) is 13.1 Å². The van der Waals surface area contributed by atoms with Gasteiger partial charge >= 0.3 is 0 Å². The molecule has 1 N–H and O–H groups in total. The zero-order valence-corrected chi connectivity index (χ0v) is 17.1. The molecular weight excluding hydrogens is 364 g/mol. The Hall–Kier alpha value is -2.38. The molecule has 0 spiro atoms. The Kier molecular flexibility index (Phi) is 6.62. The van der Waals surface area contributed by atoms with Crippen molar-refractivity contribution in [2.75, 3.05) is 14.2 Å². The highest BCUT2D eigenvalue weighted by molar-refractivity contribution is 7.89. The lowest BCUT2D eigenvalue weighted by atomic mass is 10.1. The molecule has 2 aromatic rings. The van der Waals surface area contributed by atoms with Gasteiger partial charge in [0.05, 0.1) is 18.0 Å². The van der Waals surface area contributed by atoms with Crippen molar-refractivity contribution >= 4 is 15.9 Å². The van der Waals surface area contributed by atoms with E-state index in [2.05, 4.69) is 4.72 Å². The molecule has 1 atom stereocenters. The van der Waals surface area contributed by atoms with E-state index in [1.807, 2.05) is 31.2 Å². The molecule has 6 nitrogen and oxygen atoms in total. The Morgan fingerprint density at radius 2 is 1.70 bits per heavy atom. The second-order valence-electron chi connectivity index (χ2n) is 6.67. The zero-order chi connectivity index (χ0) is 20.2. The number of amides is 1. The van der Waals surface area contributed by atoms with Crippen LogP contribution in [0, 0.1) is 0 Å². The van der Waals surface area contributed by atoms with E-state index in [1.165, 1.54) is 12.1 Å². The van der Waals surface area contributed by atoms with Crippen molar-refractivity contribution in [2.24, 2.45) is 0 Å². The predicted molar refractivity (Wildman–Crippen MR) is 105 cm³/mol. The first kappa shape index (κ1) is 20.9. The van der Waals surface area contributed by atoms with Crippen LogP contribution in [0.1, 0.15) is 42.7 Å². The van der Waals surface area contributed by atoms with Gasteiger partial charge in [-0.05, 0) is 56.7 Å². The summed E-state index contributed by atoms with van der Waals surface area (Å²) in [6.45, 7) is 5.41. The van der Waals surface area contributed by atoms with Crippen LogP contribution < -0.4 is 9.46 Å². The highest BCUT2D eigenvalue weighted by Gasteiger charge is 2.22. The van der Waals surface area contributed by atoms with Crippen LogP contribution in [0.4, 0.5) is 0 Å². The second-order valence-corrected chi connectivity index (χ2v) is 8.38. The molecule has 0 aliphatic rings. The molecule has 146 valence electrons. The molecule has 0 saturated carbocycles. The van der Waals surface area contributed by atoms with Crippen LogP contribution in [-0.4, -0.2) is 39.4 Å². The molecule has 1 amide bonds. The molecule has 0 bridgehead atoms. The molecule has 0 aliphatic carbocycles. The first-order chi connectivity index (χ1) is 12.7. The van der Waals surface area contributed by atoms with Crippen LogP contribution in [0.15, 0.2) is 53.4 Å². The summed E-state index contributed by atoms with van der Waals surface area (Å²) in [5, 5.41) is 0. The minimum atomic E-state index is -3.66. The van der Waals surface area contributed by atoms with E-state index in [0.717, 1.165) is 11.3 Å². The Balaban J connectivity index is 2.24. The normalized spacial score (nSPS) is 12.7. The Morgan fingerprint density at radius 3 is 2.26 bits per heavy atom. The number of carbonyl (C=O) groups excluding carboxylic acids is 1. The summed E-state index contributed by atoms with van der Waals surface area (Å²) < 4.78 is 32.4. The smallest absolute Gasteiger partial charge is 0.254 e. The summed E-state index contributed by atoms with van der Waals surface area (Å²) in [5.41, 5.74) is 1.28. The number of nitrogens with zero attached hydrogens (tertiary/aromatic N) is 1. The number of hydrogen-bond acceptors (Lipinski definition) is 4. The van der Waals surface area contributed by atoms with Gasteiger partial charge in [0.2, 0.25) is 10.0 Å². The number of hydrogen-bond donors (Lipinski definition) is 1. The maximum absolute atomic E-state index is 12.9. The fourth-order valence-corrected chi connectivity index (χ4v) is 3.96. The largest absolute Gasteiger partial charge is 0.497 e. The summed E-state index contributed by atoms with van der Waals surface area (Å²) in [6, 6.07) is 13.2. The molecule has 0 radical (unpaired) electrons. The van der Waals surface area contributed by atoms with Crippen molar-refractivity contribution in [3.8, 4) is 5.75 Å². The van der Waals surface area contributed by atoms with Gasteiger partial charge in [-0.1, -0.05) is 18.2 Å². The van der Waals surface area contributed by atoms with Crippen LogP contribution in [0.5, 0.6) is 5.75 Å². The van der Waals surface area contributed by atoms with Crippen LogP contribution in [0.25, 0.3) is 0 Å². The molecule has 2 rings (SSSR count). The average molecular weight is 391 g/mol. The van der Waals surface area contributed by atoms with Crippen LogP contribution in [0.2, 0.25) is 0 Å². The topological polar surface area (TPSA) is 75.7 Å². The molecule has 27 heavy (non-hydrogen) atoms. The summed E-state index contributed by atoms with van der Waals surface area (Å²) in [4.78, 5) is 14.5. The zero-order valence-electron chi connectivity index (χ0n) is 16.3. The lowest BCUT2D eigenvalue weighted by Gasteiger charge is -2.26. The molecule has 0 aliphatic heterocycles. The molecular formula is C20H26N2O4S. The van der Waals surface area contributed by atoms with Crippen molar-refractivity contribution in [1.29, 1.82) is 0 Å². The van der Waals surface area contributed by atoms with Gasteiger partial charge in [0, 0.05) is 18.7 Å². The highest BCUT2D eigenvalue weighted by Crippen LogP contribution is 2.23. The van der Waals surface area contributed by atoms with Gasteiger partial charge in [0.25, 0.3) is 5.91 Å². The quantitative estimate of drug-likeness (QED) is 0.788. The number of methoxy groups -OCH3 is 1. The predicted octanol–water partition coefficient (Wildman–Crippen LogP) is 3.22. The van der Waals surface area contributed by atoms with E-state index >= 15 is 0 Å². The van der Waals surface area contributed by atoms with Crippen molar-refractivity contribution in [3.05, 3.63) is 59.7 Å². The molecule has 1 unspecified atom stereocenters. The van der Waals surface area contributed by atoms with Gasteiger partial charge in [0.1, 0.15) is 5.75 Å². The molecule has 0 heterocycles. The molecule has 0 aromatic heterocycles. The average Bonchev–Trinajstić information content (AvgIpc) is 2.65. The summed E-state index contributed by atoms with van der Waals surface area (Å²) >= 11 is 0. The number of sulfonamides is 1.